The van der Waals surface area contributed by atoms with Gasteiger partial charge in [0.2, 0.25) is 0 Å². The Morgan fingerprint density at radius 1 is 1.38 bits per heavy atom. The van der Waals surface area contributed by atoms with E-state index in [4.69, 9.17) is 5.11 Å². The molecule has 0 aliphatic carbocycles. The van der Waals surface area contributed by atoms with Gasteiger partial charge in [0.05, 0.1) is 12.6 Å². The first-order valence-corrected chi connectivity index (χ1v) is 5.66. The van der Waals surface area contributed by atoms with Gasteiger partial charge in [-0.15, -0.1) is 0 Å². The summed E-state index contributed by atoms with van der Waals surface area (Å²) in [7, 11) is 0. The second-order valence-corrected chi connectivity index (χ2v) is 3.97. The number of amides is 2. The first-order valence-electron chi connectivity index (χ1n) is 4.27. The number of carbonyl (C=O) groups is 1. The third kappa shape index (κ3) is 6.72. The minimum atomic E-state index is -0.219. The summed E-state index contributed by atoms with van der Waals surface area (Å²) in [6.45, 7) is 3.66. The molecule has 0 bridgehead atoms. The zero-order chi connectivity index (χ0) is 10.3. The van der Waals surface area contributed by atoms with Crippen LogP contribution in [0, 0.1) is 0 Å². The largest absolute Gasteiger partial charge is 0.394 e. The molecule has 0 radical (unpaired) electrons. The predicted molar refractivity (Wildman–Crippen MR) is 56.1 cm³/mol. The van der Waals surface area contributed by atoms with E-state index in [1.165, 1.54) is 0 Å². The molecular formula is C8H18N2O2S. The van der Waals surface area contributed by atoms with Gasteiger partial charge < -0.3 is 15.7 Å². The van der Waals surface area contributed by atoms with Crippen LogP contribution < -0.4 is 10.6 Å². The van der Waals surface area contributed by atoms with Crippen molar-refractivity contribution in [1.29, 1.82) is 0 Å². The van der Waals surface area contributed by atoms with Gasteiger partial charge in [-0.05, 0) is 20.1 Å². The van der Waals surface area contributed by atoms with Gasteiger partial charge >= 0.3 is 6.03 Å². The number of rotatable bonds is 5. The van der Waals surface area contributed by atoms with E-state index in [1.54, 1.807) is 18.7 Å². The highest BCUT2D eigenvalue weighted by Crippen LogP contribution is 1.95. The Bertz CT molecular complexity index is 155. The van der Waals surface area contributed by atoms with Crippen LogP contribution in [0.25, 0.3) is 0 Å². The minimum Gasteiger partial charge on any atom is -0.394 e. The van der Waals surface area contributed by atoms with Crippen molar-refractivity contribution >= 4 is 17.8 Å². The smallest absolute Gasteiger partial charge is 0.315 e. The van der Waals surface area contributed by atoms with Crippen LogP contribution in [0.15, 0.2) is 0 Å². The fraction of sp³-hybridized carbons (Fsp3) is 0.875. The summed E-state index contributed by atoms with van der Waals surface area (Å²) >= 11 is 1.68. The van der Waals surface area contributed by atoms with E-state index in [-0.39, 0.29) is 24.7 Å². The average Bonchev–Trinajstić information content (AvgIpc) is 2.04. The summed E-state index contributed by atoms with van der Waals surface area (Å²) in [5.74, 6) is 0.890. The number of aliphatic hydroxyl groups is 1. The average molecular weight is 206 g/mol. The molecule has 0 saturated carbocycles. The number of nitrogens with one attached hydrogen (secondary N) is 2. The molecule has 0 fully saturated rings. The second-order valence-electron chi connectivity index (χ2n) is 3.06. The maximum absolute atomic E-state index is 11.2. The number of hydrogen-bond acceptors (Lipinski definition) is 3. The van der Waals surface area contributed by atoms with Crippen LogP contribution in [0.5, 0.6) is 0 Å². The number of thioether (sulfide) groups is 1. The predicted octanol–water partition coefficient (Wildman–Crippen LogP) is 0.418. The molecule has 0 aromatic rings. The van der Waals surface area contributed by atoms with Crippen molar-refractivity contribution in [2.24, 2.45) is 0 Å². The summed E-state index contributed by atoms with van der Waals surface area (Å²) in [5.41, 5.74) is 0. The SMILES string of the molecule is CSCC(C)NC(=O)NC(C)CO. The number of urea groups is 1. The molecule has 3 N–H and O–H groups in total. The lowest BCUT2D eigenvalue weighted by molar-refractivity contribution is 0.219. The van der Waals surface area contributed by atoms with Gasteiger partial charge in [0.25, 0.3) is 0 Å². The highest BCUT2D eigenvalue weighted by molar-refractivity contribution is 7.98. The molecule has 0 aromatic carbocycles. The highest BCUT2D eigenvalue weighted by atomic mass is 32.2. The molecule has 0 aromatic heterocycles. The Morgan fingerprint density at radius 3 is 2.38 bits per heavy atom. The normalized spacial score (nSPS) is 14.8. The van der Waals surface area contributed by atoms with E-state index in [0.717, 1.165) is 5.75 Å². The molecule has 5 heteroatoms. The Labute approximate surface area is 83.5 Å². The van der Waals surface area contributed by atoms with Gasteiger partial charge in [0.15, 0.2) is 0 Å². The summed E-state index contributed by atoms with van der Waals surface area (Å²) in [4.78, 5) is 11.2. The van der Waals surface area contributed by atoms with E-state index in [2.05, 4.69) is 10.6 Å². The summed E-state index contributed by atoms with van der Waals surface area (Å²) in [6.07, 6.45) is 1.99. The van der Waals surface area contributed by atoms with Gasteiger partial charge in [-0.25, -0.2) is 4.79 Å². The second kappa shape index (κ2) is 7.03. The first kappa shape index (κ1) is 12.6. The van der Waals surface area contributed by atoms with E-state index in [1.807, 2.05) is 13.2 Å². The molecule has 0 aliphatic rings. The van der Waals surface area contributed by atoms with Crippen molar-refractivity contribution in [3.8, 4) is 0 Å². The lowest BCUT2D eigenvalue weighted by atomic mass is 10.3. The molecule has 2 atom stereocenters. The summed E-state index contributed by atoms with van der Waals surface area (Å²) in [5, 5.41) is 14.0. The Hall–Kier alpha value is -0.420. The third-order valence-corrected chi connectivity index (χ3v) is 2.28. The van der Waals surface area contributed by atoms with Crippen molar-refractivity contribution in [2.75, 3.05) is 18.6 Å². The van der Waals surface area contributed by atoms with Crippen molar-refractivity contribution < 1.29 is 9.90 Å². The van der Waals surface area contributed by atoms with Crippen molar-refractivity contribution in [1.82, 2.24) is 10.6 Å². The number of carbonyl (C=O) groups excluding carboxylic acids is 1. The molecule has 0 spiro atoms. The molecular weight excluding hydrogens is 188 g/mol. The molecule has 0 saturated heterocycles. The fourth-order valence-corrected chi connectivity index (χ4v) is 1.41. The number of aliphatic hydroxyl groups excluding tert-OH is 1. The van der Waals surface area contributed by atoms with E-state index in [9.17, 15) is 4.79 Å². The lowest BCUT2D eigenvalue weighted by Gasteiger charge is -2.15. The summed E-state index contributed by atoms with van der Waals surface area (Å²) < 4.78 is 0. The summed E-state index contributed by atoms with van der Waals surface area (Å²) in [6, 6.07) is -0.259. The molecule has 0 heterocycles. The van der Waals surface area contributed by atoms with Crippen LogP contribution in [-0.2, 0) is 0 Å². The van der Waals surface area contributed by atoms with Gasteiger partial charge in [-0.1, -0.05) is 0 Å². The Morgan fingerprint density at radius 2 is 1.92 bits per heavy atom. The first-order chi connectivity index (χ1) is 6.10. The Balaban J connectivity index is 3.61. The molecule has 2 unspecified atom stereocenters. The highest BCUT2D eigenvalue weighted by Gasteiger charge is 2.08. The van der Waals surface area contributed by atoms with E-state index in [0.29, 0.717) is 0 Å². The molecule has 78 valence electrons. The van der Waals surface area contributed by atoms with Crippen LogP contribution >= 0.6 is 11.8 Å². The fourth-order valence-electron chi connectivity index (χ4n) is 0.827. The topological polar surface area (TPSA) is 61.4 Å². The van der Waals surface area contributed by atoms with Crippen LogP contribution in [0.1, 0.15) is 13.8 Å². The van der Waals surface area contributed by atoms with Crippen LogP contribution in [0.4, 0.5) is 4.79 Å². The molecule has 2 amide bonds. The van der Waals surface area contributed by atoms with Gasteiger partial charge in [-0.3, -0.25) is 0 Å². The van der Waals surface area contributed by atoms with Gasteiger partial charge in [0, 0.05) is 11.8 Å². The van der Waals surface area contributed by atoms with E-state index >= 15 is 0 Å². The zero-order valence-electron chi connectivity index (χ0n) is 8.33. The minimum absolute atomic E-state index is 0.0374. The quantitative estimate of drug-likeness (QED) is 0.611. The molecule has 13 heavy (non-hydrogen) atoms. The lowest BCUT2D eigenvalue weighted by Crippen LogP contribution is -2.46. The van der Waals surface area contributed by atoms with Gasteiger partial charge in [-0.2, -0.15) is 11.8 Å². The van der Waals surface area contributed by atoms with Crippen molar-refractivity contribution in [3.63, 3.8) is 0 Å². The Kier molecular flexibility index (Phi) is 6.80. The van der Waals surface area contributed by atoms with Crippen LogP contribution in [-0.4, -0.2) is 41.8 Å². The van der Waals surface area contributed by atoms with Crippen molar-refractivity contribution in [2.45, 2.75) is 25.9 Å². The van der Waals surface area contributed by atoms with Crippen LogP contribution in [0.3, 0.4) is 0 Å². The molecule has 4 nitrogen and oxygen atoms in total. The molecule has 0 aliphatic heterocycles. The molecule has 0 rings (SSSR count). The van der Waals surface area contributed by atoms with Crippen molar-refractivity contribution in [3.05, 3.63) is 0 Å². The maximum Gasteiger partial charge on any atom is 0.315 e. The standard InChI is InChI=1S/C8H18N2O2S/c1-6(4-11)9-8(12)10-7(2)5-13-3/h6-7,11H,4-5H2,1-3H3,(H2,9,10,12). The maximum atomic E-state index is 11.2. The zero-order valence-corrected chi connectivity index (χ0v) is 9.15. The van der Waals surface area contributed by atoms with Crippen LogP contribution in [0.2, 0.25) is 0 Å². The third-order valence-electron chi connectivity index (χ3n) is 1.45. The number of hydrogen-bond donors (Lipinski definition) is 3. The van der Waals surface area contributed by atoms with Gasteiger partial charge in [0.1, 0.15) is 0 Å². The van der Waals surface area contributed by atoms with E-state index < -0.39 is 0 Å². The monoisotopic (exact) mass is 206 g/mol.